The summed E-state index contributed by atoms with van der Waals surface area (Å²) in [5, 5.41) is 10.1. The van der Waals surface area contributed by atoms with Gasteiger partial charge in [0.25, 0.3) is 5.91 Å². The summed E-state index contributed by atoms with van der Waals surface area (Å²) in [6, 6.07) is 5.56. The van der Waals surface area contributed by atoms with Gasteiger partial charge in [-0.2, -0.15) is 5.10 Å². The van der Waals surface area contributed by atoms with Crippen LogP contribution in [0.2, 0.25) is 0 Å². The number of rotatable bonds is 3. The van der Waals surface area contributed by atoms with Gasteiger partial charge >= 0.3 is 0 Å². The SMILES string of the molecule is Cc1ccc(-c2cc(C(=O)NC3CCOC4(CCOCC4)C3)n[nH]2)o1. The molecule has 1 unspecified atom stereocenters. The van der Waals surface area contributed by atoms with E-state index in [0.717, 1.165) is 44.7 Å². The number of H-pyrrole nitrogens is 1. The highest BCUT2D eigenvalue weighted by Crippen LogP contribution is 2.34. The minimum Gasteiger partial charge on any atom is -0.460 e. The number of hydrogen-bond acceptors (Lipinski definition) is 5. The van der Waals surface area contributed by atoms with Crippen LogP contribution in [0.3, 0.4) is 0 Å². The fourth-order valence-electron chi connectivity index (χ4n) is 3.65. The largest absolute Gasteiger partial charge is 0.460 e. The van der Waals surface area contributed by atoms with E-state index in [0.29, 0.717) is 23.8 Å². The third-order valence-electron chi connectivity index (χ3n) is 5.05. The molecule has 2 N–H and O–H groups in total. The zero-order chi connectivity index (χ0) is 17.3. The van der Waals surface area contributed by atoms with Crippen LogP contribution >= 0.6 is 0 Å². The third kappa shape index (κ3) is 3.48. The van der Waals surface area contributed by atoms with Crippen LogP contribution in [-0.4, -0.2) is 47.6 Å². The van der Waals surface area contributed by atoms with E-state index in [1.165, 1.54) is 0 Å². The van der Waals surface area contributed by atoms with E-state index in [9.17, 15) is 4.79 Å². The van der Waals surface area contributed by atoms with Crippen LogP contribution in [0.25, 0.3) is 11.5 Å². The lowest BCUT2D eigenvalue weighted by molar-refractivity contribution is -0.139. The van der Waals surface area contributed by atoms with Crippen molar-refractivity contribution in [2.75, 3.05) is 19.8 Å². The van der Waals surface area contributed by atoms with Crippen LogP contribution < -0.4 is 5.32 Å². The first-order valence-corrected chi connectivity index (χ1v) is 8.78. The number of aryl methyl sites for hydroxylation is 1. The topological polar surface area (TPSA) is 89.4 Å². The number of amides is 1. The molecule has 2 aliphatic heterocycles. The van der Waals surface area contributed by atoms with E-state index >= 15 is 0 Å². The molecule has 4 heterocycles. The Morgan fingerprint density at radius 2 is 2.16 bits per heavy atom. The Labute approximate surface area is 146 Å². The van der Waals surface area contributed by atoms with Gasteiger partial charge in [-0.25, -0.2) is 0 Å². The molecule has 1 spiro atoms. The molecular weight excluding hydrogens is 322 g/mol. The highest BCUT2D eigenvalue weighted by molar-refractivity contribution is 5.93. The Bertz CT molecular complexity index is 740. The molecule has 2 fully saturated rings. The summed E-state index contributed by atoms with van der Waals surface area (Å²) in [5.74, 6) is 1.33. The van der Waals surface area contributed by atoms with Crippen molar-refractivity contribution < 1.29 is 18.7 Å². The minimum atomic E-state index is -0.167. The number of ether oxygens (including phenoxy) is 2. The van der Waals surface area contributed by atoms with Gasteiger partial charge in [-0.15, -0.1) is 0 Å². The monoisotopic (exact) mass is 345 g/mol. The maximum absolute atomic E-state index is 12.5. The molecule has 7 nitrogen and oxygen atoms in total. The number of aromatic amines is 1. The Morgan fingerprint density at radius 1 is 1.32 bits per heavy atom. The van der Waals surface area contributed by atoms with E-state index in [2.05, 4.69) is 15.5 Å². The fraction of sp³-hybridized carbons (Fsp3) is 0.556. The second-order valence-electron chi connectivity index (χ2n) is 6.88. The van der Waals surface area contributed by atoms with Gasteiger partial charge in [-0.1, -0.05) is 0 Å². The lowest BCUT2D eigenvalue weighted by Crippen LogP contribution is -2.51. The van der Waals surface area contributed by atoms with E-state index < -0.39 is 0 Å². The van der Waals surface area contributed by atoms with Gasteiger partial charge in [0, 0.05) is 31.9 Å². The quantitative estimate of drug-likeness (QED) is 0.892. The highest BCUT2D eigenvalue weighted by Gasteiger charge is 2.39. The average molecular weight is 345 g/mol. The van der Waals surface area contributed by atoms with Gasteiger partial charge in [0.1, 0.15) is 11.5 Å². The predicted octanol–water partition coefficient (Wildman–Crippen LogP) is 2.44. The smallest absolute Gasteiger partial charge is 0.272 e. The van der Waals surface area contributed by atoms with Crippen molar-refractivity contribution in [3.8, 4) is 11.5 Å². The number of aromatic nitrogens is 2. The minimum absolute atomic E-state index is 0.102. The van der Waals surface area contributed by atoms with Crippen molar-refractivity contribution in [2.24, 2.45) is 0 Å². The zero-order valence-corrected chi connectivity index (χ0v) is 14.3. The van der Waals surface area contributed by atoms with Crippen molar-refractivity contribution in [1.82, 2.24) is 15.5 Å². The van der Waals surface area contributed by atoms with Crippen LogP contribution in [0.1, 0.15) is 41.9 Å². The fourth-order valence-corrected chi connectivity index (χ4v) is 3.65. The Balaban J connectivity index is 1.41. The third-order valence-corrected chi connectivity index (χ3v) is 5.05. The molecule has 1 amide bonds. The van der Waals surface area contributed by atoms with E-state index in [-0.39, 0.29) is 17.6 Å². The zero-order valence-electron chi connectivity index (χ0n) is 14.3. The maximum Gasteiger partial charge on any atom is 0.272 e. The number of furan rings is 1. The van der Waals surface area contributed by atoms with E-state index in [1.54, 1.807) is 6.07 Å². The molecule has 25 heavy (non-hydrogen) atoms. The van der Waals surface area contributed by atoms with Crippen LogP contribution in [-0.2, 0) is 9.47 Å². The molecule has 0 aromatic carbocycles. The Hall–Kier alpha value is -2.12. The molecule has 134 valence electrons. The van der Waals surface area contributed by atoms with Gasteiger partial charge in [0.15, 0.2) is 11.5 Å². The molecule has 0 radical (unpaired) electrons. The molecular formula is C18H23N3O4. The molecule has 2 aromatic rings. The molecule has 0 aliphatic carbocycles. The van der Waals surface area contributed by atoms with Gasteiger partial charge in [-0.05, 0) is 44.7 Å². The van der Waals surface area contributed by atoms with Crippen LogP contribution in [0.15, 0.2) is 22.6 Å². The van der Waals surface area contributed by atoms with Crippen LogP contribution in [0.5, 0.6) is 0 Å². The predicted molar refractivity (Wildman–Crippen MR) is 90.3 cm³/mol. The Morgan fingerprint density at radius 3 is 2.92 bits per heavy atom. The molecule has 2 aromatic heterocycles. The van der Waals surface area contributed by atoms with Crippen LogP contribution in [0.4, 0.5) is 0 Å². The number of hydrogen-bond donors (Lipinski definition) is 2. The lowest BCUT2D eigenvalue weighted by Gasteiger charge is -2.43. The molecule has 1 atom stereocenters. The van der Waals surface area contributed by atoms with Crippen LogP contribution in [0, 0.1) is 6.92 Å². The lowest BCUT2D eigenvalue weighted by atomic mass is 9.84. The van der Waals surface area contributed by atoms with Gasteiger partial charge in [0.2, 0.25) is 0 Å². The van der Waals surface area contributed by atoms with Crippen molar-refractivity contribution in [1.29, 1.82) is 0 Å². The number of nitrogens with one attached hydrogen (secondary N) is 2. The highest BCUT2D eigenvalue weighted by atomic mass is 16.5. The second kappa shape index (κ2) is 6.65. The first kappa shape index (κ1) is 16.4. The molecule has 0 bridgehead atoms. The molecule has 2 aliphatic rings. The molecule has 0 saturated carbocycles. The van der Waals surface area contributed by atoms with Crippen molar-refractivity contribution in [3.63, 3.8) is 0 Å². The second-order valence-corrected chi connectivity index (χ2v) is 6.88. The number of carbonyl (C=O) groups excluding carboxylic acids is 1. The van der Waals surface area contributed by atoms with Gasteiger partial charge < -0.3 is 19.2 Å². The number of carbonyl (C=O) groups is 1. The van der Waals surface area contributed by atoms with Crippen molar-refractivity contribution >= 4 is 5.91 Å². The van der Waals surface area contributed by atoms with Gasteiger partial charge in [-0.3, -0.25) is 9.89 Å². The summed E-state index contributed by atoms with van der Waals surface area (Å²) in [5.41, 5.74) is 0.930. The summed E-state index contributed by atoms with van der Waals surface area (Å²) >= 11 is 0. The summed E-state index contributed by atoms with van der Waals surface area (Å²) in [6.45, 7) is 4.01. The molecule has 7 heteroatoms. The molecule has 4 rings (SSSR count). The summed E-state index contributed by atoms with van der Waals surface area (Å²) in [6.07, 6.45) is 3.44. The average Bonchev–Trinajstić information content (AvgIpc) is 3.24. The van der Waals surface area contributed by atoms with E-state index in [4.69, 9.17) is 13.9 Å². The van der Waals surface area contributed by atoms with Crippen molar-refractivity contribution in [2.45, 2.75) is 44.2 Å². The normalized spacial score (nSPS) is 22.8. The summed E-state index contributed by atoms with van der Waals surface area (Å²) in [7, 11) is 0. The van der Waals surface area contributed by atoms with E-state index in [1.807, 2.05) is 19.1 Å². The van der Waals surface area contributed by atoms with Gasteiger partial charge in [0.05, 0.1) is 5.60 Å². The first-order valence-electron chi connectivity index (χ1n) is 8.78. The number of nitrogens with zero attached hydrogens (tertiary/aromatic N) is 1. The maximum atomic E-state index is 12.5. The Kier molecular flexibility index (Phi) is 4.35. The van der Waals surface area contributed by atoms with Crippen molar-refractivity contribution in [3.05, 3.63) is 29.7 Å². The summed E-state index contributed by atoms with van der Waals surface area (Å²) < 4.78 is 17.0. The standard InChI is InChI=1S/C18H23N3O4/c1-12-2-3-16(25-12)14-10-15(21-20-14)17(22)19-13-4-7-24-18(11-13)5-8-23-9-6-18/h2-3,10,13H,4-9,11H2,1H3,(H,19,22)(H,20,21). The molecule has 2 saturated heterocycles. The first-order chi connectivity index (χ1) is 12.1. The summed E-state index contributed by atoms with van der Waals surface area (Å²) in [4.78, 5) is 12.5.